The topological polar surface area (TPSA) is 99.1 Å². The molecule has 0 saturated carbocycles. The van der Waals surface area contributed by atoms with Crippen molar-refractivity contribution in [3.8, 4) is 0 Å². The second-order valence-corrected chi connectivity index (χ2v) is 18.8. The van der Waals surface area contributed by atoms with E-state index in [-0.39, 0.29) is 36.2 Å². The number of carboxylic acids is 1. The largest absolute Gasteiger partial charge is 0.477 e. The molecular formula is C51H100NO7+. The zero-order chi connectivity index (χ0) is 43.5. The van der Waals surface area contributed by atoms with Crippen LogP contribution in [0.5, 0.6) is 0 Å². The minimum absolute atomic E-state index is 0.0415. The normalized spacial score (nSPS) is 12.8. The Kier molecular flexibility index (Phi) is 41.8. The van der Waals surface area contributed by atoms with Crippen molar-refractivity contribution in [2.75, 3.05) is 41.0 Å². The maximum Gasteiger partial charge on any atom is 0.362 e. The number of unbranched alkanes of at least 4 members (excludes halogenated alkanes) is 33. The molecule has 0 aromatic heterocycles. The lowest BCUT2D eigenvalue weighted by molar-refractivity contribution is -0.887. The molecule has 0 bridgehead atoms. The Labute approximate surface area is 366 Å². The van der Waals surface area contributed by atoms with Gasteiger partial charge in [0.15, 0.2) is 12.1 Å². The molecule has 0 spiro atoms. The summed E-state index contributed by atoms with van der Waals surface area (Å²) in [6.07, 6.45) is 45.8. The Hall–Kier alpha value is -1.67. The lowest BCUT2D eigenvalue weighted by atomic mass is 10.0. The summed E-state index contributed by atoms with van der Waals surface area (Å²) in [6.45, 7) is 4.79. The van der Waals surface area contributed by atoms with Crippen LogP contribution in [0.3, 0.4) is 0 Å². The summed E-state index contributed by atoms with van der Waals surface area (Å²) in [6, 6.07) is -0.608. The monoisotopic (exact) mass is 839 g/mol. The van der Waals surface area contributed by atoms with Crippen LogP contribution in [0.4, 0.5) is 0 Å². The van der Waals surface area contributed by atoms with Crippen molar-refractivity contribution >= 4 is 17.9 Å². The molecule has 0 aliphatic carbocycles. The van der Waals surface area contributed by atoms with Crippen LogP contribution in [0.15, 0.2) is 0 Å². The number of ether oxygens (including phenoxy) is 3. The third kappa shape index (κ3) is 41.5. The minimum Gasteiger partial charge on any atom is -0.477 e. The molecule has 0 amide bonds. The quantitative estimate of drug-likeness (QED) is 0.0370. The van der Waals surface area contributed by atoms with Crippen LogP contribution in [0.2, 0.25) is 0 Å². The molecule has 2 unspecified atom stereocenters. The molecular weight excluding hydrogens is 739 g/mol. The summed E-state index contributed by atoms with van der Waals surface area (Å²) in [5, 5.41) is 9.64. The van der Waals surface area contributed by atoms with Gasteiger partial charge in [-0.15, -0.1) is 0 Å². The molecule has 0 heterocycles. The second kappa shape index (κ2) is 43.0. The highest BCUT2D eigenvalue weighted by atomic mass is 16.6. The molecule has 0 saturated heterocycles. The number of aliphatic carboxylic acids is 1. The first-order valence-corrected chi connectivity index (χ1v) is 25.6. The molecule has 0 aliphatic heterocycles. The summed E-state index contributed by atoms with van der Waals surface area (Å²) >= 11 is 0. The number of esters is 2. The zero-order valence-electron chi connectivity index (χ0n) is 40.0. The van der Waals surface area contributed by atoms with Crippen LogP contribution in [0, 0.1) is 0 Å². The molecule has 0 aromatic carbocycles. The maximum absolute atomic E-state index is 12.7. The van der Waals surface area contributed by atoms with E-state index >= 15 is 0 Å². The number of quaternary nitrogens is 1. The number of hydrogen-bond acceptors (Lipinski definition) is 6. The lowest BCUT2D eigenvalue weighted by Crippen LogP contribution is -2.50. The van der Waals surface area contributed by atoms with E-state index in [0.717, 1.165) is 38.5 Å². The fourth-order valence-electron chi connectivity index (χ4n) is 8.04. The van der Waals surface area contributed by atoms with Gasteiger partial charge in [-0.05, 0) is 12.8 Å². The fraction of sp³-hybridized carbons (Fsp3) is 0.941. The van der Waals surface area contributed by atoms with Gasteiger partial charge in [0.05, 0.1) is 34.4 Å². The predicted molar refractivity (Wildman–Crippen MR) is 248 cm³/mol. The van der Waals surface area contributed by atoms with E-state index < -0.39 is 18.1 Å². The average molecular weight is 839 g/mol. The van der Waals surface area contributed by atoms with Crippen molar-refractivity contribution in [2.45, 2.75) is 270 Å². The van der Waals surface area contributed by atoms with Crippen molar-refractivity contribution in [1.29, 1.82) is 0 Å². The number of carboxylic acid groups (broad SMARTS) is 1. The van der Waals surface area contributed by atoms with Gasteiger partial charge in [0, 0.05) is 19.3 Å². The Morgan fingerprint density at radius 2 is 0.746 bits per heavy atom. The van der Waals surface area contributed by atoms with Crippen molar-refractivity contribution < 1.29 is 38.2 Å². The van der Waals surface area contributed by atoms with E-state index in [1.807, 2.05) is 21.1 Å². The molecule has 0 rings (SSSR count). The van der Waals surface area contributed by atoms with E-state index in [9.17, 15) is 19.5 Å². The van der Waals surface area contributed by atoms with Crippen LogP contribution < -0.4 is 0 Å². The van der Waals surface area contributed by atoms with Gasteiger partial charge in [-0.25, -0.2) is 4.79 Å². The highest BCUT2D eigenvalue weighted by Crippen LogP contribution is 2.17. The number of nitrogens with zero attached hydrogens (tertiary/aromatic N) is 1. The lowest BCUT2D eigenvalue weighted by Gasteiger charge is -2.31. The Balaban J connectivity index is 4.13. The Morgan fingerprint density at radius 1 is 0.441 bits per heavy atom. The molecule has 8 heteroatoms. The van der Waals surface area contributed by atoms with Gasteiger partial charge < -0.3 is 23.8 Å². The van der Waals surface area contributed by atoms with Gasteiger partial charge >= 0.3 is 17.9 Å². The van der Waals surface area contributed by atoms with Gasteiger partial charge in [0.1, 0.15) is 6.61 Å². The molecule has 1 N–H and O–H groups in total. The predicted octanol–water partition coefficient (Wildman–Crippen LogP) is 14.5. The summed E-state index contributed by atoms with van der Waals surface area (Å²) in [7, 11) is 5.55. The smallest absolute Gasteiger partial charge is 0.362 e. The van der Waals surface area contributed by atoms with E-state index in [4.69, 9.17) is 14.2 Å². The molecule has 0 aromatic rings. The number of carbonyl (C=O) groups is 3. The molecule has 350 valence electrons. The number of hydrogen-bond donors (Lipinski definition) is 1. The average Bonchev–Trinajstić information content (AvgIpc) is 3.19. The molecule has 59 heavy (non-hydrogen) atoms. The van der Waals surface area contributed by atoms with Crippen LogP contribution in [0.25, 0.3) is 0 Å². The summed E-state index contributed by atoms with van der Waals surface area (Å²) in [5.74, 6) is -1.44. The van der Waals surface area contributed by atoms with Crippen molar-refractivity contribution in [3.63, 3.8) is 0 Å². The van der Waals surface area contributed by atoms with Crippen molar-refractivity contribution in [1.82, 2.24) is 0 Å². The number of rotatable bonds is 47. The second-order valence-electron chi connectivity index (χ2n) is 18.8. The summed E-state index contributed by atoms with van der Waals surface area (Å²) in [5.41, 5.74) is 0. The SMILES string of the molecule is CCCCCCCCCCCCCCCCCCCCCCCCC(=O)OCC(COCCC(C(=O)O)[N+](C)(C)C)OC(=O)CCCCCCCCCCCCCCC. The van der Waals surface area contributed by atoms with E-state index in [0.29, 0.717) is 19.3 Å². The van der Waals surface area contributed by atoms with Gasteiger partial charge in [-0.1, -0.05) is 226 Å². The minimum atomic E-state index is -0.869. The molecule has 8 nitrogen and oxygen atoms in total. The highest BCUT2D eigenvalue weighted by Gasteiger charge is 2.31. The van der Waals surface area contributed by atoms with Gasteiger partial charge in [0.2, 0.25) is 0 Å². The summed E-state index contributed by atoms with van der Waals surface area (Å²) in [4.78, 5) is 37.1. The fourth-order valence-corrected chi connectivity index (χ4v) is 8.04. The molecule has 0 fully saturated rings. The Morgan fingerprint density at radius 3 is 1.05 bits per heavy atom. The van der Waals surface area contributed by atoms with Crippen LogP contribution in [0.1, 0.15) is 258 Å². The first-order valence-electron chi connectivity index (χ1n) is 25.6. The van der Waals surface area contributed by atoms with E-state index in [1.54, 1.807) is 0 Å². The van der Waals surface area contributed by atoms with E-state index in [1.165, 1.54) is 186 Å². The number of carbonyl (C=O) groups excluding carboxylic acids is 2. The third-order valence-electron chi connectivity index (χ3n) is 12.0. The van der Waals surface area contributed by atoms with Gasteiger partial charge in [0.25, 0.3) is 0 Å². The van der Waals surface area contributed by atoms with Crippen LogP contribution in [-0.2, 0) is 28.6 Å². The summed E-state index contributed by atoms with van der Waals surface area (Å²) < 4.78 is 17.4. The molecule has 2 atom stereocenters. The zero-order valence-corrected chi connectivity index (χ0v) is 40.0. The first kappa shape index (κ1) is 57.3. The maximum atomic E-state index is 12.7. The van der Waals surface area contributed by atoms with Gasteiger partial charge in [-0.2, -0.15) is 0 Å². The Bertz CT molecular complexity index is 936. The van der Waals surface area contributed by atoms with Gasteiger partial charge in [-0.3, -0.25) is 9.59 Å². The van der Waals surface area contributed by atoms with Crippen molar-refractivity contribution in [2.24, 2.45) is 0 Å². The van der Waals surface area contributed by atoms with Crippen molar-refractivity contribution in [3.05, 3.63) is 0 Å². The van der Waals surface area contributed by atoms with Crippen LogP contribution in [-0.4, -0.2) is 80.6 Å². The molecule has 0 aliphatic rings. The van der Waals surface area contributed by atoms with E-state index in [2.05, 4.69) is 13.8 Å². The standard InChI is InChI=1S/C51H99NO7/c1-6-8-10-12-14-16-18-20-21-22-23-24-25-26-27-28-30-31-33-35-37-39-41-49(53)58-46-47(45-57-44-43-48(51(55)56)52(3,4)5)59-50(54)42-40-38-36-34-32-29-19-17-15-13-11-9-7-2/h47-48H,6-46H2,1-5H3/p+1. The third-order valence-corrected chi connectivity index (χ3v) is 12.0. The number of likely N-dealkylation sites (N-methyl/N-ethyl adjacent to an activating group) is 1. The first-order chi connectivity index (χ1) is 28.6. The molecule has 0 radical (unpaired) electrons. The van der Waals surface area contributed by atoms with Crippen LogP contribution >= 0.6 is 0 Å². The highest BCUT2D eigenvalue weighted by molar-refractivity contribution is 5.72.